The van der Waals surface area contributed by atoms with Gasteiger partial charge in [-0.05, 0) is 42.9 Å². The van der Waals surface area contributed by atoms with Gasteiger partial charge in [-0.2, -0.15) is 0 Å². The molecular formula is C15H19BrFNO. The summed E-state index contributed by atoms with van der Waals surface area (Å²) in [5.41, 5.74) is 0.365. The first-order chi connectivity index (χ1) is 8.87. The summed E-state index contributed by atoms with van der Waals surface area (Å²) >= 11 is 3.26. The highest BCUT2D eigenvalue weighted by Crippen LogP contribution is 2.35. The number of rotatable bonds is 2. The third-order valence-corrected chi connectivity index (χ3v) is 4.21. The van der Waals surface area contributed by atoms with E-state index >= 15 is 0 Å². The van der Waals surface area contributed by atoms with Gasteiger partial charge in [0, 0.05) is 10.5 Å². The van der Waals surface area contributed by atoms with Crippen LogP contribution >= 0.6 is 15.9 Å². The van der Waals surface area contributed by atoms with Crippen molar-refractivity contribution in [2.24, 2.45) is 5.41 Å². The Hall–Kier alpha value is -0.900. The molecular weight excluding hydrogens is 309 g/mol. The smallest absolute Gasteiger partial charge is 0.254 e. The number of benzene rings is 1. The Balaban J connectivity index is 2.06. The summed E-state index contributed by atoms with van der Waals surface area (Å²) in [6.45, 7) is 4.43. The van der Waals surface area contributed by atoms with E-state index in [2.05, 4.69) is 35.1 Å². The fraction of sp³-hybridized carbons (Fsp3) is 0.533. The highest BCUT2D eigenvalue weighted by atomic mass is 79.9. The van der Waals surface area contributed by atoms with Crippen LogP contribution in [0, 0.1) is 11.2 Å². The molecule has 0 spiro atoms. The van der Waals surface area contributed by atoms with Gasteiger partial charge in [-0.25, -0.2) is 4.39 Å². The van der Waals surface area contributed by atoms with Crippen molar-refractivity contribution in [1.82, 2.24) is 5.32 Å². The molecule has 1 amide bonds. The minimum atomic E-state index is -0.476. The second-order valence-electron chi connectivity index (χ2n) is 6.06. The van der Waals surface area contributed by atoms with Crippen molar-refractivity contribution in [2.45, 2.75) is 45.6 Å². The molecule has 0 saturated heterocycles. The molecule has 19 heavy (non-hydrogen) atoms. The van der Waals surface area contributed by atoms with E-state index in [9.17, 15) is 9.18 Å². The van der Waals surface area contributed by atoms with Gasteiger partial charge in [-0.1, -0.05) is 36.2 Å². The lowest BCUT2D eigenvalue weighted by Crippen LogP contribution is -2.40. The SMILES string of the molecule is CC1(C)CCCC(NC(=O)c2cc(Br)ccc2F)C1. The normalized spacial score (nSPS) is 22.0. The van der Waals surface area contributed by atoms with E-state index in [4.69, 9.17) is 0 Å². The monoisotopic (exact) mass is 327 g/mol. The zero-order chi connectivity index (χ0) is 14.0. The Labute approximate surface area is 121 Å². The van der Waals surface area contributed by atoms with Gasteiger partial charge in [0.1, 0.15) is 5.82 Å². The minimum absolute atomic E-state index is 0.109. The van der Waals surface area contributed by atoms with E-state index in [1.54, 1.807) is 6.07 Å². The van der Waals surface area contributed by atoms with Crippen LogP contribution in [0.15, 0.2) is 22.7 Å². The summed E-state index contributed by atoms with van der Waals surface area (Å²) in [5.74, 6) is -0.794. The Kier molecular flexibility index (Phi) is 4.29. The van der Waals surface area contributed by atoms with Gasteiger partial charge in [-0.3, -0.25) is 4.79 Å². The predicted molar refractivity (Wildman–Crippen MR) is 77.6 cm³/mol. The second kappa shape index (κ2) is 5.61. The van der Waals surface area contributed by atoms with Crippen molar-refractivity contribution in [1.29, 1.82) is 0 Å². The van der Waals surface area contributed by atoms with E-state index < -0.39 is 5.82 Å². The van der Waals surface area contributed by atoms with Crippen molar-refractivity contribution < 1.29 is 9.18 Å². The van der Waals surface area contributed by atoms with Crippen LogP contribution in [0.25, 0.3) is 0 Å². The molecule has 104 valence electrons. The molecule has 1 fully saturated rings. The van der Waals surface area contributed by atoms with Crippen LogP contribution in [0.2, 0.25) is 0 Å². The molecule has 0 heterocycles. The third kappa shape index (κ3) is 3.78. The number of hydrogen-bond acceptors (Lipinski definition) is 1. The van der Waals surface area contributed by atoms with Gasteiger partial charge < -0.3 is 5.32 Å². The molecule has 1 aliphatic carbocycles. The Morgan fingerprint density at radius 1 is 1.47 bits per heavy atom. The molecule has 1 atom stereocenters. The maximum Gasteiger partial charge on any atom is 0.254 e. The summed E-state index contributed by atoms with van der Waals surface area (Å²) in [7, 11) is 0. The lowest BCUT2D eigenvalue weighted by atomic mass is 9.75. The van der Waals surface area contributed by atoms with E-state index in [1.807, 2.05) is 0 Å². The number of amides is 1. The van der Waals surface area contributed by atoms with Crippen LogP contribution in [0.5, 0.6) is 0 Å². The van der Waals surface area contributed by atoms with Crippen molar-refractivity contribution in [3.8, 4) is 0 Å². The average Bonchev–Trinajstić information content (AvgIpc) is 2.31. The highest BCUT2D eigenvalue weighted by molar-refractivity contribution is 9.10. The minimum Gasteiger partial charge on any atom is -0.349 e. The summed E-state index contributed by atoms with van der Waals surface area (Å²) in [5, 5.41) is 2.96. The number of carbonyl (C=O) groups is 1. The molecule has 1 aromatic carbocycles. The highest BCUT2D eigenvalue weighted by Gasteiger charge is 2.29. The van der Waals surface area contributed by atoms with E-state index in [-0.39, 0.29) is 22.9 Å². The van der Waals surface area contributed by atoms with E-state index in [0.29, 0.717) is 4.47 Å². The molecule has 1 N–H and O–H groups in total. The van der Waals surface area contributed by atoms with Crippen molar-refractivity contribution >= 4 is 21.8 Å². The van der Waals surface area contributed by atoms with Crippen LogP contribution in [-0.2, 0) is 0 Å². The number of carbonyl (C=O) groups excluding carboxylic acids is 1. The van der Waals surface area contributed by atoms with Crippen molar-refractivity contribution in [3.05, 3.63) is 34.1 Å². The molecule has 2 rings (SSSR count). The Morgan fingerprint density at radius 2 is 2.21 bits per heavy atom. The molecule has 0 aliphatic heterocycles. The molecule has 0 aromatic heterocycles. The third-order valence-electron chi connectivity index (χ3n) is 3.71. The summed E-state index contributed by atoms with van der Waals surface area (Å²) < 4.78 is 14.4. The number of nitrogens with one attached hydrogen (secondary N) is 1. The summed E-state index contributed by atoms with van der Waals surface area (Å²) in [6, 6.07) is 4.58. The van der Waals surface area contributed by atoms with Crippen LogP contribution in [0.3, 0.4) is 0 Å². The molecule has 1 unspecified atom stereocenters. The van der Waals surface area contributed by atoms with Crippen LogP contribution < -0.4 is 5.32 Å². The van der Waals surface area contributed by atoms with Crippen LogP contribution in [0.1, 0.15) is 49.9 Å². The largest absolute Gasteiger partial charge is 0.349 e. The standard InChI is InChI=1S/C15H19BrFNO/c1-15(2)7-3-4-11(9-15)18-14(19)12-8-10(16)5-6-13(12)17/h5-6,8,11H,3-4,7,9H2,1-2H3,(H,18,19). The predicted octanol–water partition coefficient (Wildman–Crippen LogP) is 4.29. The van der Waals surface area contributed by atoms with Gasteiger partial charge in [0.05, 0.1) is 5.56 Å². The lowest BCUT2D eigenvalue weighted by Gasteiger charge is -2.35. The number of hydrogen-bond donors (Lipinski definition) is 1. The quantitative estimate of drug-likeness (QED) is 0.862. The molecule has 1 saturated carbocycles. The van der Waals surface area contributed by atoms with Crippen molar-refractivity contribution in [2.75, 3.05) is 0 Å². The zero-order valence-corrected chi connectivity index (χ0v) is 12.9. The van der Waals surface area contributed by atoms with Crippen LogP contribution in [-0.4, -0.2) is 11.9 Å². The lowest BCUT2D eigenvalue weighted by molar-refractivity contribution is 0.0898. The average molecular weight is 328 g/mol. The maximum atomic E-state index is 13.6. The first-order valence-electron chi connectivity index (χ1n) is 6.63. The summed E-state index contributed by atoms with van der Waals surface area (Å²) in [6.07, 6.45) is 4.22. The second-order valence-corrected chi connectivity index (χ2v) is 6.97. The first-order valence-corrected chi connectivity index (χ1v) is 7.43. The van der Waals surface area contributed by atoms with E-state index in [0.717, 1.165) is 19.3 Å². The van der Waals surface area contributed by atoms with Crippen LogP contribution in [0.4, 0.5) is 4.39 Å². The first kappa shape index (κ1) is 14.5. The fourth-order valence-electron chi connectivity index (χ4n) is 2.76. The molecule has 1 aliphatic rings. The van der Waals surface area contributed by atoms with Crippen molar-refractivity contribution in [3.63, 3.8) is 0 Å². The molecule has 2 nitrogen and oxygen atoms in total. The number of halogens is 2. The fourth-order valence-corrected chi connectivity index (χ4v) is 3.12. The van der Waals surface area contributed by atoms with E-state index in [1.165, 1.54) is 18.6 Å². The molecule has 4 heteroatoms. The Bertz CT molecular complexity index is 487. The van der Waals surface area contributed by atoms with Gasteiger partial charge >= 0.3 is 0 Å². The van der Waals surface area contributed by atoms with Gasteiger partial charge in [0.25, 0.3) is 5.91 Å². The Morgan fingerprint density at radius 3 is 2.89 bits per heavy atom. The van der Waals surface area contributed by atoms with Gasteiger partial charge in [0.2, 0.25) is 0 Å². The van der Waals surface area contributed by atoms with Gasteiger partial charge in [-0.15, -0.1) is 0 Å². The molecule has 0 radical (unpaired) electrons. The van der Waals surface area contributed by atoms with Gasteiger partial charge in [0.15, 0.2) is 0 Å². The topological polar surface area (TPSA) is 29.1 Å². The molecule has 0 bridgehead atoms. The maximum absolute atomic E-state index is 13.6. The molecule has 1 aromatic rings. The zero-order valence-electron chi connectivity index (χ0n) is 11.3. The summed E-state index contributed by atoms with van der Waals surface area (Å²) in [4.78, 5) is 12.1.